The summed E-state index contributed by atoms with van der Waals surface area (Å²) in [7, 11) is 0. The number of aliphatic hydroxyl groups is 1. The zero-order valence-electron chi connectivity index (χ0n) is 9.77. The third-order valence-electron chi connectivity index (χ3n) is 2.76. The smallest absolute Gasteiger partial charge is 0.0951 e. The van der Waals surface area contributed by atoms with Crippen molar-refractivity contribution in [1.82, 2.24) is 19.3 Å². The molecule has 0 bridgehead atoms. The molecule has 2 atom stereocenters. The van der Waals surface area contributed by atoms with Gasteiger partial charge in [-0.05, 0) is 13.0 Å². The predicted molar refractivity (Wildman–Crippen MR) is 63.2 cm³/mol. The molecule has 17 heavy (non-hydrogen) atoms. The lowest BCUT2D eigenvalue weighted by atomic mass is 10.2. The second-order valence-corrected chi connectivity index (χ2v) is 4.09. The summed E-state index contributed by atoms with van der Waals surface area (Å²) in [6.45, 7) is 2.73. The summed E-state index contributed by atoms with van der Waals surface area (Å²) in [5.41, 5.74) is 6.66. The van der Waals surface area contributed by atoms with E-state index >= 15 is 0 Å². The van der Waals surface area contributed by atoms with Gasteiger partial charge in [0.1, 0.15) is 0 Å². The van der Waals surface area contributed by atoms with Crippen molar-refractivity contribution in [3.8, 4) is 0 Å². The van der Waals surface area contributed by atoms with Crippen LogP contribution in [0.1, 0.15) is 24.7 Å². The molecule has 6 nitrogen and oxygen atoms in total. The molecule has 0 aliphatic heterocycles. The number of hydrogen-bond acceptors (Lipinski definition) is 4. The molecule has 92 valence electrons. The molecule has 3 N–H and O–H groups in total. The van der Waals surface area contributed by atoms with Gasteiger partial charge in [0.25, 0.3) is 0 Å². The van der Waals surface area contributed by atoms with E-state index in [-0.39, 0.29) is 12.6 Å². The summed E-state index contributed by atoms with van der Waals surface area (Å²) in [6.07, 6.45) is 7.10. The highest BCUT2D eigenvalue weighted by molar-refractivity contribution is 5.05. The Hall–Kier alpha value is -1.66. The van der Waals surface area contributed by atoms with Crippen molar-refractivity contribution in [3.63, 3.8) is 0 Å². The number of nitrogens with two attached hydrogens (primary N) is 1. The van der Waals surface area contributed by atoms with Crippen molar-refractivity contribution in [2.45, 2.75) is 25.6 Å². The molecule has 2 unspecified atom stereocenters. The third kappa shape index (κ3) is 2.54. The van der Waals surface area contributed by atoms with Crippen LogP contribution in [0.15, 0.2) is 31.0 Å². The SMILES string of the molecule is CC(Cn1cccn1)n1cncc1C(N)CO. The summed E-state index contributed by atoms with van der Waals surface area (Å²) in [5.74, 6) is 0. The molecule has 0 saturated carbocycles. The Morgan fingerprint density at radius 2 is 2.35 bits per heavy atom. The second kappa shape index (κ2) is 5.11. The fourth-order valence-electron chi connectivity index (χ4n) is 1.83. The number of imidazole rings is 1. The van der Waals surface area contributed by atoms with Crippen LogP contribution in [0.25, 0.3) is 0 Å². The standard InChI is InChI=1S/C11H17N5O/c1-9(6-15-4-2-3-14-15)16-8-13-5-11(16)10(12)7-17/h2-5,8-10,17H,6-7,12H2,1H3. The van der Waals surface area contributed by atoms with Gasteiger partial charge in [0, 0.05) is 18.6 Å². The summed E-state index contributed by atoms with van der Waals surface area (Å²) >= 11 is 0. The van der Waals surface area contributed by atoms with E-state index in [1.807, 2.05) is 21.5 Å². The second-order valence-electron chi connectivity index (χ2n) is 4.09. The van der Waals surface area contributed by atoms with Crippen LogP contribution in [0.5, 0.6) is 0 Å². The van der Waals surface area contributed by atoms with Gasteiger partial charge >= 0.3 is 0 Å². The predicted octanol–water partition coefficient (Wildman–Crippen LogP) is 0.333. The quantitative estimate of drug-likeness (QED) is 0.782. The Kier molecular flexibility index (Phi) is 3.55. The lowest BCUT2D eigenvalue weighted by molar-refractivity contribution is 0.260. The Balaban J connectivity index is 2.14. The Bertz CT molecular complexity index is 450. The summed E-state index contributed by atoms with van der Waals surface area (Å²) in [5, 5.41) is 13.2. The highest BCUT2D eigenvalue weighted by Gasteiger charge is 2.15. The van der Waals surface area contributed by atoms with Gasteiger partial charge in [0.2, 0.25) is 0 Å². The van der Waals surface area contributed by atoms with Crippen molar-refractivity contribution in [1.29, 1.82) is 0 Å². The molecule has 2 heterocycles. The number of aliphatic hydroxyl groups excluding tert-OH is 1. The van der Waals surface area contributed by atoms with Gasteiger partial charge in [0.15, 0.2) is 0 Å². The van der Waals surface area contributed by atoms with Crippen molar-refractivity contribution >= 4 is 0 Å². The minimum Gasteiger partial charge on any atom is -0.394 e. The minimum absolute atomic E-state index is 0.0832. The van der Waals surface area contributed by atoms with Crippen LogP contribution in [0.4, 0.5) is 0 Å². The van der Waals surface area contributed by atoms with E-state index in [4.69, 9.17) is 10.8 Å². The van der Waals surface area contributed by atoms with Crippen LogP contribution in [0.3, 0.4) is 0 Å². The van der Waals surface area contributed by atoms with E-state index in [2.05, 4.69) is 17.0 Å². The summed E-state index contributed by atoms with van der Waals surface area (Å²) < 4.78 is 3.83. The zero-order chi connectivity index (χ0) is 12.3. The lowest BCUT2D eigenvalue weighted by Gasteiger charge is -2.19. The lowest BCUT2D eigenvalue weighted by Crippen LogP contribution is -2.22. The molecule has 0 aliphatic carbocycles. The molecule has 0 aromatic carbocycles. The average molecular weight is 235 g/mol. The first-order valence-electron chi connectivity index (χ1n) is 5.58. The van der Waals surface area contributed by atoms with Gasteiger partial charge in [0.05, 0.1) is 37.3 Å². The minimum atomic E-state index is -0.391. The Labute approximate surface area is 99.7 Å². The maximum atomic E-state index is 9.09. The largest absolute Gasteiger partial charge is 0.394 e. The highest BCUT2D eigenvalue weighted by atomic mass is 16.3. The average Bonchev–Trinajstić information content (AvgIpc) is 2.97. The molecule has 2 aromatic heterocycles. The first-order valence-corrected chi connectivity index (χ1v) is 5.58. The zero-order valence-corrected chi connectivity index (χ0v) is 9.77. The van der Waals surface area contributed by atoms with Crippen LogP contribution < -0.4 is 5.73 Å². The molecule has 0 fully saturated rings. The Morgan fingerprint density at radius 3 is 3.00 bits per heavy atom. The van der Waals surface area contributed by atoms with E-state index < -0.39 is 6.04 Å². The Morgan fingerprint density at radius 1 is 1.53 bits per heavy atom. The molecule has 0 spiro atoms. The van der Waals surface area contributed by atoms with Gasteiger partial charge in [-0.25, -0.2) is 4.98 Å². The van der Waals surface area contributed by atoms with Gasteiger partial charge < -0.3 is 15.4 Å². The molecule has 0 radical (unpaired) electrons. The van der Waals surface area contributed by atoms with Crippen LogP contribution in [0.2, 0.25) is 0 Å². The normalized spacial score (nSPS) is 14.8. The van der Waals surface area contributed by atoms with E-state index in [9.17, 15) is 0 Å². The van der Waals surface area contributed by atoms with Crippen molar-refractivity contribution in [2.75, 3.05) is 6.61 Å². The van der Waals surface area contributed by atoms with E-state index in [0.29, 0.717) is 0 Å². The van der Waals surface area contributed by atoms with Crippen LogP contribution in [0, 0.1) is 0 Å². The molecular formula is C11H17N5O. The first kappa shape index (κ1) is 11.8. The van der Waals surface area contributed by atoms with Crippen molar-refractivity contribution in [3.05, 3.63) is 36.7 Å². The maximum absolute atomic E-state index is 9.09. The molecule has 2 aromatic rings. The maximum Gasteiger partial charge on any atom is 0.0951 e. The number of rotatable bonds is 5. The number of hydrogen-bond donors (Lipinski definition) is 2. The van der Waals surface area contributed by atoms with Gasteiger partial charge in [-0.1, -0.05) is 0 Å². The number of aromatic nitrogens is 4. The molecular weight excluding hydrogens is 218 g/mol. The van der Waals surface area contributed by atoms with E-state index in [1.165, 1.54) is 0 Å². The fraction of sp³-hybridized carbons (Fsp3) is 0.455. The summed E-state index contributed by atoms with van der Waals surface area (Å²) in [6, 6.07) is 1.68. The van der Waals surface area contributed by atoms with Crippen molar-refractivity contribution in [2.24, 2.45) is 5.73 Å². The molecule has 0 amide bonds. The van der Waals surface area contributed by atoms with Crippen molar-refractivity contribution < 1.29 is 5.11 Å². The fourth-order valence-corrected chi connectivity index (χ4v) is 1.83. The van der Waals surface area contributed by atoms with Crippen LogP contribution >= 0.6 is 0 Å². The van der Waals surface area contributed by atoms with Crippen LogP contribution in [-0.4, -0.2) is 31.0 Å². The van der Waals surface area contributed by atoms with Crippen LogP contribution in [-0.2, 0) is 6.54 Å². The number of nitrogens with zero attached hydrogens (tertiary/aromatic N) is 4. The molecule has 2 rings (SSSR count). The van der Waals surface area contributed by atoms with E-state index in [0.717, 1.165) is 12.2 Å². The monoisotopic (exact) mass is 235 g/mol. The molecule has 0 aliphatic rings. The van der Waals surface area contributed by atoms with Gasteiger partial charge in [-0.3, -0.25) is 4.68 Å². The first-order chi connectivity index (χ1) is 8.22. The van der Waals surface area contributed by atoms with Gasteiger partial charge in [-0.15, -0.1) is 0 Å². The molecule has 6 heteroatoms. The summed E-state index contributed by atoms with van der Waals surface area (Å²) in [4.78, 5) is 4.08. The van der Waals surface area contributed by atoms with Gasteiger partial charge in [-0.2, -0.15) is 5.10 Å². The highest BCUT2D eigenvalue weighted by Crippen LogP contribution is 2.16. The van der Waals surface area contributed by atoms with E-state index in [1.54, 1.807) is 18.7 Å². The molecule has 0 saturated heterocycles. The topological polar surface area (TPSA) is 81.9 Å². The third-order valence-corrected chi connectivity index (χ3v) is 2.76.